The number of methoxy groups -OCH3 is 2. The van der Waals surface area contributed by atoms with Gasteiger partial charge in [-0.15, -0.1) is 22.7 Å². The van der Waals surface area contributed by atoms with Gasteiger partial charge >= 0.3 is 5.97 Å². The number of benzene rings is 1. The summed E-state index contributed by atoms with van der Waals surface area (Å²) in [5.74, 6) is 0.00587. The van der Waals surface area contributed by atoms with Gasteiger partial charge in [0.05, 0.1) is 31.2 Å². The molecule has 1 amide bonds. The maximum atomic E-state index is 13.4. The number of aromatic nitrogens is 1. The molecule has 0 spiro atoms. The Balaban J connectivity index is 1.47. The Morgan fingerprint density at radius 3 is 2.44 bits per heavy atom. The van der Waals surface area contributed by atoms with Crippen LogP contribution in [0.15, 0.2) is 36.4 Å². The molecule has 7 nitrogen and oxygen atoms in total. The van der Waals surface area contributed by atoms with E-state index in [0.717, 1.165) is 64.9 Å². The van der Waals surface area contributed by atoms with E-state index in [-0.39, 0.29) is 5.91 Å². The van der Waals surface area contributed by atoms with E-state index in [1.165, 1.54) is 36.2 Å². The minimum absolute atomic E-state index is 0.346. The van der Waals surface area contributed by atoms with Gasteiger partial charge in [0.25, 0.3) is 5.91 Å². The third-order valence-electron chi connectivity index (χ3n) is 6.47. The predicted octanol–water partition coefficient (Wildman–Crippen LogP) is 6.31. The highest BCUT2D eigenvalue weighted by Crippen LogP contribution is 2.39. The SMILES string of the molecule is COC(=O)c1c(NC(=O)c2sc3nc(-c4ccc(OC)cc4)ccc3c2N)sc2c1CCCCCC2. The maximum absolute atomic E-state index is 13.4. The van der Waals surface area contributed by atoms with Crippen molar-refractivity contribution in [1.82, 2.24) is 4.98 Å². The van der Waals surface area contributed by atoms with Crippen molar-refractivity contribution < 1.29 is 19.1 Å². The van der Waals surface area contributed by atoms with Crippen LogP contribution in [-0.4, -0.2) is 31.1 Å². The third-order valence-corrected chi connectivity index (χ3v) is 8.79. The highest BCUT2D eigenvalue weighted by atomic mass is 32.1. The Labute approximate surface area is 217 Å². The van der Waals surface area contributed by atoms with Crippen LogP contribution in [0.3, 0.4) is 0 Å². The molecular formula is C27H27N3O4S2. The van der Waals surface area contributed by atoms with Gasteiger partial charge in [-0.05, 0) is 67.6 Å². The molecule has 36 heavy (non-hydrogen) atoms. The number of rotatable bonds is 5. The molecule has 0 aliphatic heterocycles. The number of nitrogen functional groups attached to an aromatic ring is 1. The third kappa shape index (κ3) is 4.56. The summed E-state index contributed by atoms with van der Waals surface area (Å²) in [6.07, 6.45) is 6.13. The van der Waals surface area contributed by atoms with Gasteiger partial charge in [-0.2, -0.15) is 0 Å². The lowest BCUT2D eigenvalue weighted by Gasteiger charge is -2.10. The van der Waals surface area contributed by atoms with E-state index in [4.69, 9.17) is 20.2 Å². The van der Waals surface area contributed by atoms with Crippen LogP contribution < -0.4 is 15.8 Å². The number of amides is 1. The molecule has 4 aromatic rings. The highest BCUT2D eigenvalue weighted by molar-refractivity contribution is 7.21. The van der Waals surface area contributed by atoms with Crippen molar-refractivity contribution in [2.45, 2.75) is 38.5 Å². The number of nitrogens with zero attached hydrogens (tertiary/aromatic N) is 1. The van der Waals surface area contributed by atoms with Crippen molar-refractivity contribution in [2.24, 2.45) is 0 Å². The second kappa shape index (κ2) is 10.3. The lowest BCUT2D eigenvalue weighted by atomic mass is 9.96. The molecule has 0 atom stereocenters. The fourth-order valence-corrected chi connectivity index (χ4v) is 6.84. The summed E-state index contributed by atoms with van der Waals surface area (Å²) in [5, 5.41) is 4.23. The van der Waals surface area contributed by atoms with Gasteiger partial charge in [-0.1, -0.05) is 12.8 Å². The molecule has 3 aromatic heterocycles. The van der Waals surface area contributed by atoms with E-state index in [2.05, 4.69) is 5.32 Å². The standard InChI is InChI=1S/C27H27N3O4S2/c1-33-16-11-9-15(10-12-16)19-14-13-18-22(28)23(36-25(18)29-19)24(31)30-26-21(27(32)34-2)17-7-5-3-4-6-8-20(17)35-26/h9-14H,3-8,28H2,1-2H3,(H,30,31). The summed E-state index contributed by atoms with van der Waals surface area (Å²) in [5.41, 5.74) is 9.98. The number of hydrogen-bond donors (Lipinski definition) is 2. The van der Waals surface area contributed by atoms with E-state index in [0.29, 0.717) is 26.0 Å². The Bertz CT molecular complexity index is 1440. The molecule has 0 fully saturated rings. The van der Waals surface area contributed by atoms with Gasteiger partial charge in [0.15, 0.2) is 0 Å². The number of aryl methyl sites for hydroxylation is 1. The van der Waals surface area contributed by atoms with Gasteiger partial charge in [0, 0.05) is 15.8 Å². The molecule has 3 heterocycles. The van der Waals surface area contributed by atoms with Gasteiger partial charge in [-0.3, -0.25) is 4.79 Å². The lowest BCUT2D eigenvalue weighted by molar-refractivity contribution is 0.0601. The number of hydrogen-bond acceptors (Lipinski definition) is 8. The van der Waals surface area contributed by atoms with E-state index in [1.807, 2.05) is 36.4 Å². The number of carbonyl (C=O) groups is 2. The zero-order valence-corrected chi connectivity index (χ0v) is 21.8. The number of fused-ring (bicyclic) bond motifs is 2. The molecule has 0 bridgehead atoms. The number of thiophene rings is 2. The quantitative estimate of drug-likeness (QED) is 0.298. The summed E-state index contributed by atoms with van der Waals surface area (Å²) in [7, 11) is 3.00. The first-order chi connectivity index (χ1) is 17.5. The Hall–Kier alpha value is -3.43. The maximum Gasteiger partial charge on any atom is 0.341 e. The first-order valence-corrected chi connectivity index (χ1v) is 13.5. The Morgan fingerprint density at radius 2 is 1.72 bits per heavy atom. The second-order valence-corrected chi connectivity index (χ2v) is 10.8. The molecule has 5 rings (SSSR count). The van der Waals surface area contributed by atoms with Crippen LogP contribution in [-0.2, 0) is 17.6 Å². The monoisotopic (exact) mass is 521 g/mol. The molecule has 1 aliphatic rings. The van der Waals surface area contributed by atoms with Gasteiger partial charge in [0.1, 0.15) is 20.5 Å². The van der Waals surface area contributed by atoms with E-state index in [1.54, 1.807) is 7.11 Å². The molecule has 0 saturated carbocycles. The van der Waals surface area contributed by atoms with Crippen molar-refractivity contribution in [3.05, 3.63) is 57.3 Å². The predicted molar refractivity (Wildman–Crippen MR) is 146 cm³/mol. The molecule has 186 valence electrons. The van der Waals surface area contributed by atoms with Gasteiger partial charge < -0.3 is 20.5 Å². The van der Waals surface area contributed by atoms with E-state index >= 15 is 0 Å². The minimum Gasteiger partial charge on any atom is -0.497 e. The number of esters is 1. The van der Waals surface area contributed by atoms with Crippen LogP contribution in [0.25, 0.3) is 21.5 Å². The largest absolute Gasteiger partial charge is 0.497 e. The summed E-state index contributed by atoms with van der Waals surface area (Å²) in [6.45, 7) is 0. The number of nitrogens with one attached hydrogen (secondary N) is 1. The highest BCUT2D eigenvalue weighted by Gasteiger charge is 2.27. The lowest BCUT2D eigenvalue weighted by Crippen LogP contribution is -2.15. The number of ether oxygens (including phenoxy) is 2. The molecule has 0 saturated heterocycles. The number of nitrogens with two attached hydrogens (primary N) is 1. The summed E-state index contributed by atoms with van der Waals surface area (Å²) in [6, 6.07) is 11.4. The van der Waals surface area contributed by atoms with Crippen LogP contribution in [0.4, 0.5) is 10.7 Å². The Kier molecular flexibility index (Phi) is 6.93. The van der Waals surface area contributed by atoms with E-state index < -0.39 is 5.97 Å². The average molecular weight is 522 g/mol. The number of pyridine rings is 1. The first-order valence-electron chi connectivity index (χ1n) is 11.9. The normalized spacial score (nSPS) is 13.5. The molecule has 0 unspecified atom stereocenters. The zero-order valence-electron chi connectivity index (χ0n) is 20.2. The van der Waals surface area contributed by atoms with E-state index in [9.17, 15) is 9.59 Å². The number of carbonyl (C=O) groups excluding carboxylic acids is 2. The topological polar surface area (TPSA) is 104 Å². The van der Waals surface area contributed by atoms with Crippen LogP contribution in [0.1, 0.15) is 56.2 Å². The zero-order chi connectivity index (χ0) is 25.2. The summed E-state index contributed by atoms with van der Waals surface area (Å²) in [4.78, 5) is 33.0. The summed E-state index contributed by atoms with van der Waals surface area (Å²) < 4.78 is 10.3. The smallest absolute Gasteiger partial charge is 0.341 e. The van der Waals surface area contributed by atoms with Gasteiger partial charge in [-0.25, -0.2) is 9.78 Å². The van der Waals surface area contributed by atoms with Crippen molar-refractivity contribution >= 4 is 55.5 Å². The average Bonchev–Trinajstić information content (AvgIpc) is 3.39. The number of anilines is 2. The fourth-order valence-electron chi connectivity index (χ4n) is 4.57. The molecular weight excluding hydrogens is 494 g/mol. The van der Waals surface area contributed by atoms with Crippen LogP contribution in [0, 0.1) is 0 Å². The van der Waals surface area contributed by atoms with Crippen molar-refractivity contribution in [3.63, 3.8) is 0 Å². The minimum atomic E-state index is -0.418. The summed E-state index contributed by atoms with van der Waals surface area (Å²) >= 11 is 2.72. The van der Waals surface area contributed by atoms with Crippen LogP contribution in [0.2, 0.25) is 0 Å². The van der Waals surface area contributed by atoms with Gasteiger partial charge in [0.2, 0.25) is 0 Å². The van der Waals surface area contributed by atoms with Crippen LogP contribution in [0.5, 0.6) is 5.75 Å². The molecule has 3 N–H and O–H groups in total. The molecule has 1 aliphatic carbocycles. The molecule has 1 aromatic carbocycles. The molecule has 9 heteroatoms. The fraction of sp³-hybridized carbons (Fsp3) is 0.296. The Morgan fingerprint density at radius 1 is 0.972 bits per heavy atom. The second-order valence-electron chi connectivity index (χ2n) is 8.69. The van der Waals surface area contributed by atoms with Crippen molar-refractivity contribution in [3.8, 4) is 17.0 Å². The van der Waals surface area contributed by atoms with Crippen molar-refractivity contribution in [2.75, 3.05) is 25.3 Å². The van der Waals surface area contributed by atoms with Crippen LogP contribution >= 0.6 is 22.7 Å². The molecule has 0 radical (unpaired) electrons. The first kappa shape index (κ1) is 24.3. The van der Waals surface area contributed by atoms with Crippen molar-refractivity contribution in [1.29, 1.82) is 0 Å².